The van der Waals surface area contributed by atoms with Gasteiger partial charge in [-0.2, -0.15) is 0 Å². The third-order valence-corrected chi connectivity index (χ3v) is 5.80. The highest BCUT2D eigenvalue weighted by molar-refractivity contribution is 5.99. The van der Waals surface area contributed by atoms with Crippen LogP contribution in [0.5, 0.6) is 5.75 Å². The SMILES string of the molecule is O=C1[C@@H]2C[C@@H](CN2Cc2ccc(F)c(F)c2)Oc2ccccc2N1Cc1cccnc1. The van der Waals surface area contributed by atoms with Crippen LogP contribution in [0, 0.1) is 11.6 Å². The van der Waals surface area contributed by atoms with Gasteiger partial charge < -0.3 is 9.64 Å². The van der Waals surface area contributed by atoms with E-state index >= 15 is 0 Å². The van der Waals surface area contributed by atoms with Crippen LogP contribution < -0.4 is 9.64 Å². The monoisotopic (exact) mass is 421 g/mol. The zero-order valence-corrected chi connectivity index (χ0v) is 16.7. The van der Waals surface area contributed by atoms with Gasteiger partial charge in [-0.05, 0) is 41.5 Å². The fourth-order valence-electron chi connectivity index (χ4n) is 4.35. The van der Waals surface area contributed by atoms with Gasteiger partial charge in [0.15, 0.2) is 11.6 Å². The van der Waals surface area contributed by atoms with Crippen molar-refractivity contribution in [2.45, 2.75) is 31.7 Å². The van der Waals surface area contributed by atoms with E-state index in [4.69, 9.17) is 4.74 Å². The van der Waals surface area contributed by atoms with E-state index in [1.54, 1.807) is 23.4 Å². The number of benzene rings is 2. The molecule has 5 rings (SSSR count). The third-order valence-electron chi connectivity index (χ3n) is 5.80. The molecule has 0 unspecified atom stereocenters. The second-order valence-corrected chi connectivity index (χ2v) is 7.92. The van der Waals surface area contributed by atoms with Gasteiger partial charge in [-0.15, -0.1) is 0 Å². The lowest BCUT2D eigenvalue weighted by atomic mass is 10.1. The number of rotatable bonds is 4. The van der Waals surface area contributed by atoms with Crippen LogP contribution in [0.3, 0.4) is 0 Å². The molecule has 2 aliphatic rings. The fourth-order valence-corrected chi connectivity index (χ4v) is 4.35. The number of ether oxygens (including phenoxy) is 1. The molecule has 5 nitrogen and oxygen atoms in total. The Bertz CT molecular complexity index is 1110. The van der Waals surface area contributed by atoms with Gasteiger partial charge in [0.25, 0.3) is 0 Å². The Hall–Kier alpha value is -3.32. The van der Waals surface area contributed by atoms with E-state index in [2.05, 4.69) is 4.98 Å². The van der Waals surface area contributed by atoms with Crippen molar-refractivity contribution in [2.75, 3.05) is 11.4 Å². The summed E-state index contributed by atoms with van der Waals surface area (Å²) in [5.41, 5.74) is 2.25. The van der Waals surface area contributed by atoms with Crippen molar-refractivity contribution in [3.05, 3.63) is 89.8 Å². The van der Waals surface area contributed by atoms with Crippen LogP contribution in [0.25, 0.3) is 0 Å². The van der Waals surface area contributed by atoms with Crippen molar-refractivity contribution >= 4 is 11.6 Å². The number of hydrogen-bond acceptors (Lipinski definition) is 4. The molecule has 0 aliphatic carbocycles. The second-order valence-electron chi connectivity index (χ2n) is 7.92. The fraction of sp³-hybridized carbons (Fsp3) is 0.250. The summed E-state index contributed by atoms with van der Waals surface area (Å²) in [5.74, 6) is -1.14. The predicted octanol–water partition coefficient (Wildman–Crippen LogP) is 3.93. The van der Waals surface area contributed by atoms with Gasteiger partial charge >= 0.3 is 0 Å². The third kappa shape index (κ3) is 3.88. The number of halogens is 2. The summed E-state index contributed by atoms with van der Waals surface area (Å²) in [4.78, 5) is 21.6. The highest BCUT2D eigenvalue weighted by Crippen LogP contribution is 2.37. The Kier molecular flexibility index (Phi) is 5.11. The number of carbonyl (C=O) groups is 1. The predicted molar refractivity (Wildman–Crippen MR) is 111 cm³/mol. The van der Waals surface area contributed by atoms with E-state index in [9.17, 15) is 13.6 Å². The Balaban J connectivity index is 1.48. The van der Waals surface area contributed by atoms with Crippen LogP contribution >= 0.6 is 0 Å². The molecule has 31 heavy (non-hydrogen) atoms. The van der Waals surface area contributed by atoms with E-state index in [0.29, 0.717) is 37.4 Å². The van der Waals surface area contributed by atoms with E-state index in [1.165, 1.54) is 6.07 Å². The van der Waals surface area contributed by atoms with Crippen LogP contribution in [-0.2, 0) is 17.9 Å². The molecule has 0 spiro atoms. The van der Waals surface area contributed by atoms with Crippen molar-refractivity contribution < 1.29 is 18.3 Å². The van der Waals surface area contributed by atoms with E-state index in [1.807, 2.05) is 41.3 Å². The van der Waals surface area contributed by atoms with Crippen molar-refractivity contribution in [1.29, 1.82) is 0 Å². The molecule has 3 heterocycles. The van der Waals surface area contributed by atoms with Gasteiger partial charge in [-0.1, -0.05) is 24.3 Å². The number of likely N-dealkylation sites (tertiary alicyclic amines) is 1. The minimum Gasteiger partial charge on any atom is -0.487 e. The molecule has 2 aliphatic heterocycles. The van der Waals surface area contributed by atoms with Crippen molar-refractivity contribution in [3.63, 3.8) is 0 Å². The molecule has 0 saturated carbocycles. The number of pyridine rings is 1. The van der Waals surface area contributed by atoms with E-state index in [0.717, 1.165) is 17.3 Å². The topological polar surface area (TPSA) is 45.7 Å². The van der Waals surface area contributed by atoms with Gasteiger partial charge in [0.1, 0.15) is 11.9 Å². The Morgan fingerprint density at radius 1 is 1.00 bits per heavy atom. The summed E-state index contributed by atoms with van der Waals surface area (Å²) in [6, 6.07) is 14.7. The summed E-state index contributed by atoms with van der Waals surface area (Å²) >= 11 is 0. The molecule has 1 fully saturated rings. The standard InChI is InChI=1S/C24H21F2N3O2/c25-19-8-7-16(10-20(19)26)13-28-15-18-11-22(28)24(30)29(14-17-4-3-9-27-12-17)21-5-1-2-6-23(21)31-18/h1-10,12,18,22H,11,13-15H2/t18-,22-/m0/s1. The molecule has 7 heteroatoms. The number of carbonyl (C=O) groups excluding carboxylic acids is 1. The molecule has 3 aromatic rings. The summed E-state index contributed by atoms with van der Waals surface area (Å²) in [6.45, 7) is 1.24. The maximum absolute atomic E-state index is 13.7. The molecular weight excluding hydrogens is 400 g/mol. The van der Waals surface area contributed by atoms with Crippen molar-refractivity contribution in [3.8, 4) is 5.75 Å². The first-order chi connectivity index (χ1) is 15.1. The Morgan fingerprint density at radius 3 is 2.68 bits per heavy atom. The summed E-state index contributed by atoms with van der Waals surface area (Å²) < 4.78 is 33.3. The first kappa shape index (κ1) is 19.6. The molecule has 2 bridgehead atoms. The van der Waals surface area contributed by atoms with Gasteiger partial charge in [-0.3, -0.25) is 14.7 Å². The number of fused-ring (bicyclic) bond motifs is 3. The van der Waals surface area contributed by atoms with Crippen LogP contribution in [0.15, 0.2) is 67.0 Å². The van der Waals surface area contributed by atoms with Gasteiger partial charge in [0.05, 0.1) is 18.3 Å². The number of aromatic nitrogens is 1. The highest BCUT2D eigenvalue weighted by atomic mass is 19.2. The second kappa shape index (κ2) is 8.07. The Labute approximate surface area is 178 Å². The molecule has 158 valence electrons. The maximum atomic E-state index is 13.7. The minimum absolute atomic E-state index is 0.0373. The summed E-state index contributed by atoms with van der Waals surface area (Å²) in [6.07, 6.45) is 3.83. The largest absolute Gasteiger partial charge is 0.487 e. The zero-order valence-electron chi connectivity index (χ0n) is 16.7. The lowest BCUT2D eigenvalue weighted by molar-refractivity contribution is -0.123. The molecule has 0 radical (unpaired) electrons. The number of nitrogens with zero attached hydrogens (tertiary/aromatic N) is 3. The Morgan fingerprint density at radius 2 is 1.87 bits per heavy atom. The molecule has 2 aromatic carbocycles. The summed E-state index contributed by atoms with van der Waals surface area (Å²) in [7, 11) is 0. The average molecular weight is 421 g/mol. The first-order valence-corrected chi connectivity index (χ1v) is 10.2. The first-order valence-electron chi connectivity index (χ1n) is 10.2. The van der Waals surface area contributed by atoms with Crippen LogP contribution in [-0.4, -0.2) is 34.5 Å². The zero-order chi connectivity index (χ0) is 21.4. The highest BCUT2D eigenvalue weighted by Gasteiger charge is 2.42. The van der Waals surface area contributed by atoms with Crippen molar-refractivity contribution in [2.24, 2.45) is 0 Å². The molecule has 1 amide bonds. The lowest BCUT2D eigenvalue weighted by Gasteiger charge is -2.32. The van der Waals surface area contributed by atoms with Gasteiger partial charge in [0, 0.05) is 31.9 Å². The van der Waals surface area contributed by atoms with Gasteiger partial charge in [0.2, 0.25) is 5.91 Å². The van der Waals surface area contributed by atoms with E-state index < -0.39 is 17.7 Å². The van der Waals surface area contributed by atoms with Crippen LogP contribution in [0.2, 0.25) is 0 Å². The summed E-state index contributed by atoms with van der Waals surface area (Å²) in [5, 5.41) is 0. The van der Waals surface area contributed by atoms with Gasteiger partial charge in [-0.25, -0.2) is 8.78 Å². The molecule has 1 saturated heterocycles. The molecule has 0 N–H and O–H groups in total. The van der Waals surface area contributed by atoms with E-state index in [-0.39, 0.29) is 12.0 Å². The quantitative estimate of drug-likeness (QED) is 0.641. The minimum atomic E-state index is -0.887. The normalized spacial score (nSPS) is 20.7. The number of anilines is 1. The molecular formula is C24H21F2N3O2. The van der Waals surface area contributed by atoms with Crippen molar-refractivity contribution in [1.82, 2.24) is 9.88 Å². The lowest BCUT2D eigenvalue weighted by Crippen LogP contribution is -2.45. The number of para-hydroxylation sites is 2. The smallest absolute Gasteiger partial charge is 0.244 e. The maximum Gasteiger partial charge on any atom is 0.244 e. The molecule has 2 atom stereocenters. The van der Waals surface area contributed by atoms with Crippen LogP contribution in [0.4, 0.5) is 14.5 Å². The number of hydrogen-bond donors (Lipinski definition) is 0. The average Bonchev–Trinajstić information content (AvgIpc) is 3.18. The molecule has 1 aromatic heterocycles. The van der Waals surface area contributed by atoms with Crippen LogP contribution in [0.1, 0.15) is 17.5 Å². The number of amides is 1.